The molecule has 0 amide bonds. The van der Waals surface area contributed by atoms with Gasteiger partial charge in [0, 0.05) is 0 Å². The number of nitrogens with one attached hydrogen (secondary N) is 2. The largest absolute Gasteiger partial charge is 0.394 e. The lowest BCUT2D eigenvalue weighted by Crippen LogP contribution is -2.33. The minimum absolute atomic E-state index is 0. The van der Waals surface area contributed by atoms with E-state index in [2.05, 4.69) is 15.1 Å². The molecule has 0 aliphatic carbocycles. The van der Waals surface area contributed by atoms with Crippen LogP contribution in [-0.4, -0.2) is 65.8 Å². The van der Waals surface area contributed by atoms with E-state index in [9.17, 15) is 15.0 Å². The van der Waals surface area contributed by atoms with Gasteiger partial charge >= 0.3 is 0 Å². The number of ether oxygens (including phenoxy) is 1. The number of nitrogens with zero attached hydrogens (tertiary/aromatic N) is 3. The Hall–Kier alpha value is -2.05. The van der Waals surface area contributed by atoms with E-state index in [0.717, 1.165) is 11.0 Å². The Balaban J connectivity index is 0.00000192. The van der Waals surface area contributed by atoms with Gasteiger partial charge in [0.05, 0.1) is 12.9 Å². The molecule has 1 aliphatic rings. The molecule has 1 saturated heterocycles. The Labute approximate surface area is 134 Å². The smallest absolute Gasteiger partial charge is 0.262 e. The first-order valence-electron chi connectivity index (χ1n) is 6.38. The Bertz CT molecular complexity index is 791. The van der Waals surface area contributed by atoms with Gasteiger partial charge in [0.15, 0.2) is 11.9 Å². The third-order valence-corrected chi connectivity index (χ3v) is 3.51. The summed E-state index contributed by atoms with van der Waals surface area (Å²) in [5, 5.41) is 40.4. The average Bonchev–Trinajstić information content (AvgIpc) is 3.00. The molecule has 0 saturated carbocycles. The van der Waals surface area contributed by atoms with Crippen LogP contribution in [0.3, 0.4) is 0 Å². The van der Waals surface area contributed by atoms with Crippen molar-refractivity contribution in [1.29, 1.82) is 5.41 Å². The van der Waals surface area contributed by atoms with Crippen molar-refractivity contribution in [3.05, 3.63) is 22.4 Å². The third-order valence-electron chi connectivity index (χ3n) is 3.51. The van der Waals surface area contributed by atoms with Crippen molar-refractivity contribution >= 4 is 29.3 Å². The minimum Gasteiger partial charge on any atom is -0.394 e. The molecule has 1 unspecified atom stereocenters. The van der Waals surface area contributed by atoms with Crippen molar-refractivity contribution in [3.8, 4) is 0 Å². The second-order valence-electron chi connectivity index (χ2n) is 4.87. The molecule has 3 rings (SSSR count). The molecule has 23 heavy (non-hydrogen) atoms. The second kappa shape index (κ2) is 6.22. The number of aromatic nitrogens is 4. The number of halogens is 1. The first-order chi connectivity index (χ1) is 10.5. The molecule has 0 bridgehead atoms. The average molecular weight is 347 g/mol. The SMILES string of the molecule is Cl.N=C(N)c1nn(C2O[C@H](CO)[C@H](O)[C@@H]2O)c2nc[nH]c(=O)c12. The Morgan fingerprint density at radius 1 is 1.48 bits per heavy atom. The standard InChI is InChI=1S/C11H14N6O5.ClH/c12-8(13)5-4-9(14-2-15-10(4)21)17(16-5)11-7(20)6(19)3(1-18)22-11;/h2-3,6-7,11,18-20H,1H2,(H3,12,13)(H,14,15,21);1H/t3-,6+,7+,11?;/m1./s1. The highest BCUT2D eigenvalue weighted by Gasteiger charge is 2.44. The molecule has 0 aromatic carbocycles. The van der Waals surface area contributed by atoms with Gasteiger partial charge in [-0.15, -0.1) is 12.4 Å². The molecule has 4 atom stereocenters. The molecule has 7 N–H and O–H groups in total. The van der Waals surface area contributed by atoms with Crippen molar-refractivity contribution in [3.63, 3.8) is 0 Å². The molecule has 1 aliphatic heterocycles. The first kappa shape index (κ1) is 17.3. The highest BCUT2D eigenvalue weighted by atomic mass is 35.5. The molecule has 126 valence electrons. The maximum Gasteiger partial charge on any atom is 0.262 e. The van der Waals surface area contributed by atoms with Gasteiger partial charge in [-0.05, 0) is 0 Å². The maximum atomic E-state index is 11.9. The normalized spacial score (nSPS) is 27.1. The van der Waals surface area contributed by atoms with Crippen LogP contribution in [0.1, 0.15) is 11.9 Å². The fourth-order valence-electron chi connectivity index (χ4n) is 2.43. The lowest BCUT2D eigenvalue weighted by molar-refractivity contribution is -0.0566. The summed E-state index contributed by atoms with van der Waals surface area (Å²) in [5.41, 5.74) is 4.80. The van der Waals surface area contributed by atoms with E-state index in [-0.39, 0.29) is 29.1 Å². The van der Waals surface area contributed by atoms with Crippen LogP contribution in [0.15, 0.2) is 11.1 Å². The molecule has 12 heteroatoms. The summed E-state index contributed by atoms with van der Waals surface area (Å²) in [7, 11) is 0. The predicted octanol–water partition coefficient (Wildman–Crippen LogP) is -2.56. The van der Waals surface area contributed by atoms with Crippen molar-refractivity contribution in [2.75, 3.05) is 6.61 Å². The number of nitrogens with two attached hydrogens (primary N) is 1. The van der Waals surface area contributed by atoms with Gasteiger partial charge in [0.25, 0.3) is 5.56 Å². The van der Waals surface area contributed by atoms with E-state index in [0.29, 0.717) is 0 Å². The summed E-state index contributed by atoms with van der Waals surface area (Å²) in [6, 6.07) is 0. The van der Waals surface area contributed by atoms with Crippen molar-refractivity contribution in [2.45, 2.75) is 24.5 Å². The fraction of sp³-hybridized carbons (Fsp3) is 0.455. The van der Waals surface area contributed by atoms with Crippen LogP contribution in [0.25, 0.3) is 11.0 Å². The van der Waals surface area contributed by atoms with E-state index in [1.54, 1.807) is 0 Å². The molecular formula is C11H15ClN6O5. The number of aromatic amines is 1. The van der Waals surface area contributed by atoms with Crippen LogP contribution in [0.5, 0.6) is 0 Å². The highest BCUT2D eigenvalue weighted by molar-refractivity contribution is 6.04. The van der Waals surface area contributed by atoms with E-state index in [4.69, 9.17) is 21.0 Å². The molecular weight excluding hydrogens is 332 g/mol. The molecule has 0 spiro atoms. The molecule has 2 aromatic heterocycles. The van der Waals surface area contributed by atoms with Crippen molar-refractivity contribution in [2.24, 2.45) is 5.73 Å². The Kier molecular flexibility index (Phi) is 4.68. The van der Waals surface area contributed by atoms with E-state index >= 15 is 0 Å². The molecule has 0 radical (unpaired) electrons. The first-order valence-corrected chi connectivity index (χ1v) is 6.38. The quantitative estimate of drug-likeness (QED) is 0.259. The van der Waals surface area contributed by atoms with Crippen LogP contribution >= 0.6 is 12.4 Å². The molecule has 2 aromatic rings. The Morgan fingerprint density at radius 3 is 2.74 bits per heavy atom. The van der Waals surface area contributed by atoms with Gasteiger partial charge in [0.2, 0.25) is 0 Å². The number of aliphatic hydroxyl groups is 3. The molecule has 3 heterocycles. The zero-order valence-electron chi connectivity index (χ0n) is 11.6. The number of H-pyrrole nitrogens is 1. The number of hydrogen-bond donors (Lipinski definition) is 6. The summed E-state index contributed by atoms with van der Waals surface area (Å²) in [4.78, 5) is 18.2. The molecule has 11 nitrogen and oxygen atoms in total. The minimum atomic E-state index is -1.39. The number of rotatable bonds is 3. The van der Waals surface area contributed by atoms with Crippen LogP contribution in [-0.2, 0) is 4.74 Å². The van der Waals surface area contributed by atoms with Gasteiger partial charge in [-0.3, -0.25) is 10.2 Å². The number of nitrogen functional groups attached to an aromatic ring is 1. The van der Waals surface area contributed by atoms with Crippen LogP contribution < -0.4 is 11.3 Å². The zero-order valence-corrected chi connectivity index (χ0v) is 12.4. The van der Waals surface area contributed by atoms with Gasteiger partial charge in [-0.2, -0.15) is 5.10 Å². The maximum absolute atomic E-state index is 11.9. The van der Waals surface area contributed by atoms with Crippen molar-refractivity contribution in [1.82, 2.24) is 19.7 Å². The second-order valence-corrected chi connectivity index (χ2v) is 4.87. The number of fused-ring (bicyclic) bond motifs is 1. The van der Waals surface area contributed by atoms with Gasteiger partial charge < -0.3 is 30.8 Å². The van der Waals surface area contributed by atoms with Gasteiger partial charge in [-0.1, -0.05) is 0 Å². The lowest BCUT2D eigenvalue weighted by Gasteiger charge is -2.15. The van der Waals surface area contributed by atoms with E-state index < -0.39 is 42.5 Å². The van der Waals surface area contributed by atoms with Gasteiger partial charge in [-0.25, -0.2) is 9.67 Å². The zero-order chi connectivity index (χ0) is 16.0. The summed E-state index contributed by atoms with van der Waals surface area (Å²) >= 11 is 0. The van der Waals surface area contributed by atoms with Gasteiger partial charge in [0.1, 0.15) is 35.2 Å². The Morgan fingerprint density at radius 2 is 2.17 bits per heavy atom. The number of hydrogen-bond acceptors (Lipinski definition) is 8. The van der Waals surface area contributed by atoms with Crippen molar-refractivity contribution < 1.29 is 20.1 Å². The van der Waals surface area contributed by atoms with Crippen LogP contribution in [0.2, 0.25) is 0 Å². The lowest BCUT2D eigenvalue weighted by atomic mass is 10.1. The van der Waals surface area contributed by atoms with Crippen LogP contribution in [0, 0.1) is 5.41 Å². The topological polar surface area (TPSA) is 183 Å². The monoisotopic (exact) mass is 346 g/mol. The summed E-state index contributed by atoms with van der Waals surface area (Å²) < 4.78 is 6.42. The third kappa shape index (κ3) is 2.58. The predicted molar refractivity (Wildman–Crippen MR) is 79.4 cm³/mol. The molecule has 1 fully saturated rings. The summed E-state index contributed by atoms with van der Waals surface area (Å²) in [6.07, 6.45) is -3.74. The fourth-order valence-corrected chi connectivity index (χ4v) is 2.43. The highest BCUT2D eigenvalue weighted by Crippen LogP contribution is 2.30. The number of amidine groups is 1. The summed E-state index contributed by atoms with van der Waals surface area (Å²) in [6.45, 7) is -0.499. The van der Waals surface area contributed by atoms with E-state index in [1.807, 2.05) is 0 Å². The number of aliphatic hydroxyl groups excluding tert-OH is 3. The van der Waals surface area contributed by atoms with Crippen LogP contribution in [0.4, 0.5) is 0 Å². The van der Waals surface area contributed by atoms with E-state index in [1.165, 1.54) is 0 Å². The summed E-state index contributed by atoms with van der Waals surface area (Å²) in [5.74, 6) is -0.450.